The normalized spacial score (nSPS) is 16.3. The lowest BCUT2D eigenvalue weighted by atomic mass is 10.1. The van der Waals surface area contributed by atoms with Crippen LogP contribution in [0.1, 0.15) is 37.3 Å². The van der Waals surface area contributed by atoms with Gasteiger partial charge in [0.2, 0.25) is 0 Å². The Kier molecular flexibility index (Phi) is 3.22. The summed E-state index contributed by atoms with van der Waals surface area (Å²) >= 11 is 11.9. The zero-order chi connectivity index (χ0) is 12.5. The lowest BCUT2D eigenvalue weighted by Crippen LogP contribution is -2.02. The molecule has 1 aliphatic rings. The second-order valence-electron chi connectivity index (χ2n) is 4.50. The van der Waals surface area contributed by atoms with Crippen molar-refractivity contribution in [2.45, 2.75) is 31.6 Å². The maximum Gasteiger partial charge on any atom is 0.177 e. The van der Waals surface area contributed by atoms with Crippen LogP contribution in [0.4, 0.5) is 0 Å². The smallest absolute Gasteiger partial charge is 0.177 e. The van der Waals surface area contributed by atoms with Crippen molar-refractivity contribution in [2.24, 2.45) is 0 Å². The third-order valence-corrected chi connectivity index (χ3v) is 3.76. The van der Waals surface area contributed by atoms with E-state index in [-0.39, 0.29) is 0 Å². The molecule has 0 saturated heterocycles. The van der Waals surface area contributed by atoms with Crippen LogP contribution in [0.15, 0.2) is 18.2 Å². The summed E-state index contributed by atoms with van der Waals surface area (Å²) in [6.45, 7) is 0. The van der Waals surface area contributed by atoms with E-state index in [2.05, 4.69) is 15.3 Å². The molecule has 0 amide bonds. The Hall–Kier alpha value is -1.13. The van der Waals surface area contributed by atoms with Crippen LogP contribution in [0.5, 0.6) is 0 Å². The fourth-order valence-corrected chi connectivity index (χ4v) is 2.72. The van der Waals surface area contributed by atoms with E-state index in [1.54, 1.807) is 16.8 Å². The Balaban J connectivity index is 1.94. The van der Waals surface area contributed by atoms with Gasteiger partial charge >= 0.3 is 0 Å². The minimum absolute atomic E-state index is 0.359. The van der Waals surface area contributed by atoms with Gasteiger partial charge < -0.3 is 0 Å². The number of rotatable bonds is 2. The molecule has 1 aliphatic carbocycles. The zero-order valence-corrected chi connectivity index (χ0v) is 11.2. The van der Waals surface area contributed by atoms with Gasteiger partial charge in [-0.3, -0.25) is 0 Å². The second kappa shape index (κ2) is 4.86. The third-order valence-electron chi connectivity index (χ3n) is 3.29. The fourth-order valence-electron chi connectivity index (χ4n) is 2.38. The van der Waals surface area contributed by atoms with Crippen molar-refractivity contribution < 1.29 is 0 Å². The van der Waals surface area contributed by atoms with Gasteiger partial charge in [-0.2, -0.15) is 5.10 Å². The molecule has 2 heterocycles. The maximum atomic E-state index is 6.20. The van der Waals surface area contributed by atoms with Gasteiger partial charge in [0.25, 0.3) is 0 Å². The van der Waals surface area contributed by atoms with Crippen LogP contribution in [-0.4, -0.2) is 20.0 Å². The first-order valence-electron chi connectivity index (χ1n) is 5.99. The number of hydrogen-bond donors (Lipinski definition) is 0. The first kappa shape index (κ1) is 11.9. The standard InChI is InChI=1S/C12H12Cl2N4/c13-10-5-6-12(16-15-10)18-11(14)7-9(17-18)8-3-1-2-4-8/h5-8H,1-4H2. The largest absolute Gasteiger partial charge is 0.202 e. The van der Waals surface area contributed by atoms with Crippen molar-refractivity contribution in [3.8, 4) is 5.82 Å². The molecule has 18 heavy (non-hydrogen) atoms. The van der Waals surface area contributed by atoms with E-state index in [9.17, 15) is 0 Å². The van der Waals surface area contributed by atoms with Gasteiger partial charge in [-0.05, 0) is 31.0 Å². The summed E-state index contributed by atoms with van der Waals surface area (Å²) in [5.41, 5.74) is 1.05. The topological polar surface area (TPSA) is 43.6 Å². The van der Waals surface area contributed by atoms with Crippen LogP contribution in [0.25, 0.3) is 5.82 Å². The number of nitrogens with zero attached hydrogens (tertiary/aromatic N) is 4. The van der Waals surface area contributed by atoms with Gasteiger partial charge in [-0.15, -0.1) is 10.2 Å². The predicted molar refractivity (Wildman–Crippen MR) is 70.4 cm³/mol. The summed E-state index contributed by atoms with van der Waals surface area (Å²) in [7, 11) is 0. The molecule has 0 bridgehead atoms. The van der Waals surface area contributed by atoms with Crippen LogP contribution in [0.2, 0.25) is 10.3 Å². The number of hydrogen-bond acceptors (Lipinski definition) is 3. The quantitative estimate of drug-likeness (QED) is 0.845. The van der Waals surface area contributed by atoms with Gasteiger partial charge in [0.05, 0.1) is 5.69 Å². The molecule has 0 N–H and O–H groups in total. The molecule has 3 rings (SSSR count). The van der Waals surface area contributed by atoms with Crippen LogP contribution in [0.3, 0.4) is 0 Å². The van der Waals surface area contributed by atoms with Gasteiger partial charge in [0, 0.05) is 5.92 Å². The minimum atomic E-state index is 0.359. The summed E-state index contributed by atoms with van der Waals surface area (Å²) in [6, 6.07) is 5.36. The van der Waals surface area contributed by atoms with E-state index < -0.39 is 0 Å². The maximum absolute atomic E-state index is 6.20. The predicted octanol–water partition coefficient (Wildman–Crippen LogP) is 3.63. The molecule has 1 fully saturated rings. The average molecular weight is 283 g/mol. The molecule has 0 unspecified atom stereocenters. The molecule has 0 atom stereocenters. The van der Waals surface area contributed by atoms with Crippen LogP contribution >= 0.6 is 23.2 Å². The van der Waals surface area contributed by atoms with Crippen molar-refractivity contribution in [3.63, 3.8) is 0 Å². The minimum Gasteiger partial charge on any atom is -0.202 e. The number of halogens is 2. The van der Waals surface area contributed by atoms with E-state index in [1.165, 1.54) is 25.7 Å². The van der Waals surface area contributed by atoms with Gasteiger partial charge in [0.1, 0.15) is 5.15 Å². The molecule has 0 radical (unpaired) electrons. The molecule has 94 valence electrons. The van der Waals surface area contributed by atoms with Crippen molar-refractivity contribution in [1.29, 1.82) is 0 Å². The molecule has 0 aliphatic heterocycles. The van der Waals surface area contributed by atoms with Gasteiger partial charge in [-0.25, -0.2) is 4.68 Å². The van der Waals surface area contributed by atoms with Crippen LogP contribution < -0.4 is 0 Å². The zero-order valence-electron chi connectivity index (χ0n) is 9.68. The Bertz CT molecular complexity index is 544. The lowest BCUT2D eigenvalue weighted by molar-refractivity contribution is 0.673. The summed E-state index contributed by atoms with van der Waals surface area (Å²) < 4.78 is 1.61. The molecule has 2 aromatic heterocycles. The van der Waals surface area contributed by atoms with Gasteiger partial charge in [-0.1, -0.05) is 36.0 Å². The highest BCUT2D eigenvalue weighted by molar-refractivity contribution is 6.30. The Morgan fingerprint density at radius 3 is 2.56 bits per heavy atom. The SMILES string of the molecule is Clc1ccc(-n2nc(C3CCCC3)cc2Cl)nn1. The highest BCUT2D eigenvalue weighted by Crippen LogP contribution is 2.34. The molecule has 0 spiro atoms. The highest BCUT2D eigenvalue weighted by atomic mass is 35.5. The van der Waals surface area contributed by atoms with E-state index in [0.717, 1.165) is 5.69 Å². The van der Waals surface area contributed by atoms with E-state index in [0.29, 0.717) is 22.0 Å². The summed E-state index contributed by atoms with van der Waals surface area (Å²) in [5.74, 6) is 1.12. The van der Waals surface area contributed by atoms with Gasteiger partial charge in [0.15, 0.2) is 11.0 Å². The molecule has 6 heteroatoms. The molecule has 2 aromatic rings. The van der Waals surface area contributed by atoms with Crippen molar-refractivity contribution in [3.05, 3.63) is 34.2 Å². The molecule has 0 aromatic carbocycles. The first-order chi connectivity index (χ1) is 8.74. The molecular weight excluding hydrogens is 271 g/mol. The first-order valence-corrected chi connectivity index (χ1v) is 6.75. The second-order valence-corrected chi connectivity index (χ2v) is 5.27. The fraction of sp³-hybridized carbons (Fsp3) is 0.417. The summed E-state index contributed by atoms with van der Waals surface area (Å²) in [4.78, 5) is 0. The molecule has 4 nitrogen and oxygen atoms in total. The Labute approximate surface area is 115 Å². The van der Waals surface area contributed by atoms with E-state index in [1.807, 2.05) is 6.07 Å². The Morgan fingerprint density at radius 1 is 1.11 bits per heavy atom. The van der Waals surface area contributed by atoms with Crippen molar-refractivity contribution >= 4 is 23.2 Å². The van der Waals surface area contributed by atoms with Crippen molar-refractivity contribution in [2.75, 3.05) is 0 Å². The van der Waals surface area contributed by atoms with Crippen LogP contribution in [-0.2, 0) is 0 Å². The van der Waals surface area contributed by atoms with E-state index >= 15 is 0 Å². The molecule has 1 saturated carbocycles. The monoisotopic (exact) mass is 282 g/mol. The molecular formula is C12H12Cl2N4. The van der Waals surface area contributed by atoms with E-state index in [4.69, 9.17) is 23.2 Å². The van der Waals surface area contributed by atoms with Crippen molar-refractivity contribution in [1.82, 2.24) is 20.0 Å². The summed E-state index contributed by atoms with van der Waals surface area (Å²) in [5, 5.41) is 13.2. The average Bonchev–Trinajstić information content (AvgIpc) is 2.99. The number of aromatic nitrogens is 4. The summed E-state index contributed by atoms with van der Waals surface area (Å²) in [6.07, 6.45) is 4.94. The van der Waals surface area contributed by atoms with Crippen LogP contribution in [0, 0.1) is 0 Å². The Morgan fingerprint density at radius 2 is 1.89 bits per heavy atom. The lowest BCUT2D eigenvalue weighted by Gasteiger charge is -2.04. The third kappa shape index (κ3) is 2.22. The highest BCUT2D eigenvalue weighted by Gasteiger charge is 2.21.